The SMILES string of the molecule is Cc1cc(C)cc(CC2CCCCC(Br)C2)c1. The first-order chi connectivity index (χ1) is 8.13. The van der Waals surface area contributed by atoms with Crippen molar-refractivity contribution < 1.29 is 0 Å². The van der Waals surface area contributed by atoms with Gasteiger partial charge >= 0.3 is 0 Å². The summed E-state index contributed by atoms with van der Waals surface area (Å²) in [4.78, 5) is 0.751. The lowest BCUT2D eigenvalue weighted by Gasteiger charge is -2.17. The molecule has 2 rings (SSSR count). The van der Waals surface area contributed by atoms with Crippen LogP contribution in [0.15, 0.2) is 18.2 Å². The summed E-state index contributed by atoms with van der Waals surface area (Å²) in [7, 11) is 0. The highest BCUT2D eigenvalue weighted by Gasteiger charge is 2.18. The van der Waals surface area contributed by atoms with Gasteiger partial charge in [0.05, 0.1) is 0 Å². The Bertz CT molecular complexity index is 350. The zero-order valence-electron chi connectivity index (χ0n) is 11.0. The van der Waals surface area contributed by atoms with E-state index in [1.165, 1.54) is 55.2 Å². The van der Waals surface area contributed by atoms with E-state index in [4.69, 9.17) is 0 Å². The highest BCUT2D eigenvalue weighted by atomic mass is 79.9. The van der Waals surface area contributed by atoms with Gasteiger partial charge in [-0.3, -0.25) is 0 Å². The molecule has 1 aliphatic carbocycles. The summed E-state index contributed by atoms with van der Waals surface area (Å²) in [5.74, 6) is 0.878. The fourth-order valence-corrected chi connectivity index (χ4v) is 3.95. The molecule has 0 bridgehead atoms. The van der Waals surface area contributed by atoms with Gasteiger partial charge in [0.25, 0.3) is 0 Å². The van der Waals surface area contributed by atoms with Gasteiger partial charge < -0.3 is 0 Å². The zero-order chi connectivity index (χ0) is 12.3. The number of alkyl halides is 1. The van der Waals surface area contributed by atoms with Gasteiger partial charge in [-0.05, 0) is 44.6 Å². The molecule has 0 saturated heterocycles. The molecular formula is C16H23Br. The molecule has 0 aliphatic heterocycles. The van der Waals surface area contributed by atoms with Crippen molar-refractivity contribution in [2.75, 3.05) is 0 Å². The lowest BCUT2D eigenvalue weighted by atomic mass is 9.91. The predicted molar refractivity (Wildman–Crippen MR) is 78.9 cm³/mol. The summed E-state index contributed by atoms with van der Waals surface area (Å²) >= 11 is 3.82. The van der Waals surface area contributed by atoms with Gasteiger partial charge in [-0.2, -0.15) is 0 Å². The summed E-state index contributed by atoms with van der Waals surface area (Å²) in [5, 5.41) is 0. The quantitative estimate of drug-likeness (QED) is 0.520. The first kappa shape index (κ1) is 13.1. The predicted octanol–water partition coefficient (Wildman–Crippen LogP) is 5.19. The van der Waals surface area contributed by atoms with Crippen LogP contribution in [0.1, 0.15) is 48.8 Å². The summed E-state index contributed by atoms with van der Waals surface area (Å²) in [6.07, 6.45) is 8.22. The minimum Gasteiger partial charge on any atom is -0.0891 e. The molecule has 1 aliphatic rings. The Morgan fingerprint density at radius 2 is 1.71 bits per heavy atom. The van der Waals surface area contributed by atoms with E-state index in [2.05, 4.69) is 48.0 Å². The maximum atomic E-state index is 3.82. The largest absolute Gasteiger partial charge is 0.0891 e. The Labute approximate surface area is 114 Å². The third-order valence-electron chi connectivity index (χ3n) is 3.77. The van der Waals surface area contributed by atoms with E-state index in [-0.39, 0.29) is 0 Å². The first-order valence-corrected chi connectivity index (χ1v) is 7.76. The summed E-state index contributed by atoms with van der Waals surface area (Å²) in [6, 6.07) is 6.99. The van der Waals surface area contributed by atoms with Crippen molar-refractivity contribution >= 4 is 15.9 Å². The van der Waals surface area contributed by atoms with Crippen molar-refractivity contribution in [1.29, 1.82) is 0 Å². The lowest BCUT2D eigenvalue weighted by molar-refractivity contribution is 0.463. The van der Waals surface area contributed by atoms with Crippen LogP contribution in [-0.2, 0) is 6.42 Å². The topological polar surface area (TPSA) is 0 Å². The molecule has 0 nitrogen and oxygen atoms in total. The standard InChI is InChI=1S/C16H23Br/c1-12-7-13(2)9-15(8-12)10-14-5-3-4-6-16(17)11-14/h7-9,14,16H,3-6,10-11H2,1-2H3. The summed E-state index contributed by atoms with van der Waals surface area (Å²) in [6.45, 7) is 4.41. The molecule has 2 atom stereocenters. The van der Waals surface area contributed by atoms with Crippen LogP contribution in [0.25, 0.3) is 0 Å². The zero-order valence-corrected chi connectivity index (χ0v) is 12.6. The van der Waals surface area contributed by atoms with Gasteiger partial charge in [0, 0.05) is 4.83 Å². The molecule has 17 heavy (non-hydrogen) atoms. The van der Waals surface area contributed by atoms with Crippen LogP contribution in [0.3, 0.4) is 0 Å². The Hall–Kier alpha value is -0.300. The smallest absolute Gasteiger partial charge is 0.0148 e. The lowest BCUT2D eigenvalue weighted by Crippen LogP contribution is -2.08. The normalized spacial score (nSPS) is 25.6. The van der Waals surface area contributed by atoms with Crippen LogP contribution in [0.5, 0.6) is 0 Å². The van der Waals surface area contributed by atoms with Crippen molar-refractivity contribution in [3.05, 3.63) is 34.9 Å². The maximum absolute atomic E-state index is 3.82. The van der Waals surface area contributed by atoms with Gasteiger partial charge in [-0.1, -0.05) is 64.5 Å². The van der Waals surface area contributed by atoms with E-state index in [0.29, 0.717) is 0 Å². The molecule has 1 saturated carbocycles. The summed E-state index contributed by atoms with van der Waals surface area (Å²) in [5.41, 5.74) is 4.35. The van der Waals surface area contributed by atoms with Crippen LogP contribution in [-0.4, -0.2) is 4.83 Å². The molecule has 0 N–H and O–H groups in total. The molecule has 0 heterocycles. The van der Waals surface area contributed by atoms with E-state index >= 15 is 0 Å². The molecule has 1 fully saturated rings. The van der Waals surface area contributed by atoms with Crippen molar-refractivity contribution in [2.45, 2.75) is 57.2 Å². The molecule has 1 heteroatoms. The number of benzene rings is 1. The van der Waals surface area contributed by atoms with Gasteiger partial charge in [0.1, 0.15) is 0 Å². The molecule has 0 amide bonds. The fraction of sp³-hybridized carbons (Fsp3) is 0.625. The third-order valence-corrected chi connectivity index (χ3v) is 4.61. The maximum Gasteiger partial charge on any atom is 0.0148 e. The molecule has 0 radical (unpaired) electrons. The Morgan fingerprint density at radius 1 is 1.06 bits per heavy atom. The van der Waals surface area contributed by atoms with E-state index in [9.17, 15) is 0 Å². The van der Waals surface area contributed by atoms with Gasteiger partial charge in [0.15, 0.2) is 0 Å². The van der Waals surface area contributed by atoms with Crippen molar-refractivity contribution in [2.24, 2.45) is 5.92 Å². The van der Waals surface area contributed by atoms with Crippen molar-refractivity contribution in [3.8, 4) is 0 Å². The number of rotatable bonds is 2. The molecule has 1 aromatic rings. The van der Waals surface area contributed by atoms with Gasteiger partial charge in [-0.15, -0.1) is 0 Å². The van der Waals surface area contributed by atoms with Crippen molar-refractivity contribution in [3.63, 3.8) is 0 Å². The monoisotopic (exact) mass is 294 g/mol. The van der Waals surface area contributed by atoms with Crippen LogP contribution < -0.4 is 0 Å². The van der Waals surface area contributed by atoms with Crippen molar-refractivity contribution in [1.82, 2.24) is 0 Å². The molecule has 0 spiro atoms. The second-order valence-electron chi connectivity index (χ2n) is 5.68. The van der Waals surface area contributed by atoms with Gasteiger partial charge in [-0.25, -0.2) is 0 Å². The Morgan fingerprint density at radius 3 is 2.41 bits per heavy atom. The van der Waals surface area contributed by atoms with E-state index in [1.807, 2.05) is 0 Å². The number of hydrogen-bond acceptors (Lipinski definition) is 0. The Kier molecular flexibility index (Phi) is 4.67. The van der Waals surface area contributed by atoms with E-state index < -0.39 is 0 Å². The Balaban J connectivity index is 2.03. The van der Waals surface area contributed by atoms with Crippen LogP contribution in [0, 0.1) is 19.8 Å². The average Bonchev–Trinajstić information content (AvgIpc) is 2.41. The molecule has 94 valence electrons. The van der Waals surface area contributed by atoms with E-state index in [0.717, 1.165) is 10.7 Å². The van der Waals surface area contributed by atoms with Gasteiger partial charge in [0.2, 0.25) is 0 Å². The number of halogens is 1. The highest BCUT2D eigenvalue weighted by molar-refractivity contribution is 9.09. The molecular weight excluding hydrogens is 272 g/mol. The number of hydrogen-bond donors (Lipinski definition) is 0. The summed E-state index contributed by atoms with van der Waals surface area (Å²) < 4.78 is 0. The first-order valence-electron chi connectivity index (χ1n) is 6.85. The van der Waals surface area contributed by atoms with Crippen LogP contribution >= 0.6 is 15.9 Å². The second kappa shape index (κ2) is 6.04. The highest BCUT2D eigenvalue weighted by Crippen LogP contribution is 2.30. The fourth-order valence-electron chi connectivity index (χ4n) is 3.10. The molecule has 0 aromatic heterocycles. The number of aryl methyl sites for hydroxylation is 2. The molecule has 1 aromatic carbocycles. The third kappa shape index (κ3) is 4.13. The minimum atomic E-state index is 0.751. The average molecular weight is 295 g/mol. The molecule has 2 unspecified atom stereocenters. The van der Waals surface area contributed by atoms with Crippen LogP contribution in [0.4, 0.5) is 0 Å². The van der Waals surface area contributed by atoms with E-state index in [1.54, 1.807) is 0 Å². The van der Waals surface area contributed by atoms with Crippen LogP contribution in [0.2, 0.25) is 0 Å². The minimum absolute atomic E-state index is 0.751. The second-order valence-corrected chi connectivity index (χ2v) is 6.98.